The molecule has 19 atom stereocenters. The normalized spacial score (nSPS) is 36.4. The largest absolute Gasteiger partial charge is 0.381 e. The van der Waals surface area contributed by atoms with Gasteiger partial charge in [0.1, 0.15) is 72.4 Å². The van der Waals surface area contributed by atoms with Gasteiger partial charge in [0, 0.05) is 68.7 Å². The van der Waals surface area contributed by atoms with Crippen molar-refractivity contribution in [3.05, 3.63) is 35.4 Å². The highest BCUT2D eigenvalue weighted by molar-refractivity contribution is 7.98. The lowest BCUT2D eigenvalue weighted by Crippen LogP contribution is -2.64. The summed E-state index contributed by atoms with van der Waals surface area (Å²) in [5.74, 6) is -7.05. The van der Waals surface area contributed by atoms with E-state index in [0.717, 1.165) is 16.0 Å². The zero-order valence-electron chi connectivity index (χ0n) is 59.3. The SMILES string of the molecule is COC1CCC(C[C@@H]2NC(=O)[C@H]([C@H](C)OC)NC(=O)[C@@H]3C[C@H](F)CN3C(=O)[C@H](CC3CNC4CCC(F)CC34)NC(=O)[C@H](CC3CNC4CCC(F)CC34)NC(=O)[C@@H](C)NC(=O)[C@H](CCCCN)NC(=O)CCSCc3cccc(c3)CSC[C@@H](C(N)=O)NC(=O)[C@]3(C)CCCN3C2=O)CC1. The van der Waals surface area contributed by atoms with Crippen molar-refractivity contribution in [3.8, 4) is 0 Å². The summed E-state index contributed by atoms with van der Waals surface area (Å²) in [6, 6.07) is -3.08. The Kier molecular flexibility index (Phi) is 29.3. The van der Waals surface area contributed by atoms with Crippen molar-refractivity contribution in [2.75, 3.05) is 58.4 Å². The number of ether oxygens (including phenoxy) is 2. The minimum absolute atomic E-state index is 0.00128. The number of fused-ring (bicyclic) bond motifs is 6. The smallest absolute Gasteiger partial charge is 0.246 e. The fourth-order valence-corrected chi connectivity index (χ4v) is 18.6. The maximum absolute atomic E-state index is 16.3. The molecule has 5 aliphatic heterocycles. The van der Waals surface area contributed by atoms with E-state index in [0.29, 0.717) is 108 Å². The van der Waals surface area contributed by atoms with Crippen LogP contribution in [0.15, 0.2) is 24.3 Å². The molecule has 10 amide bonds. The highest BCUT2D eigenvalue weighted by Gasteiger charge is 2.51. The molecule has 7 fully saturated rings. The molecule has 1 aromatic carbocycles. The number of primary amides is 1. The molecule has 9 rings (SSSR count). The second-order valence-corrected chi connectivity index (χ2v) is 31.9. The lowest BCUT2D eigenvalue weighted by Gasteiger charge is -2.38. The summed E-state index contributed by atoms with van der Waals surface area (Å²) in [5.41, 5.74) is 12.2. The fourth-order valence-electron chi connectivity index (χ4n) is 16.7. The molecule has 3 saturated carbocycles. The zero-order chi connectivity index (χ0) is 72.7. The van der Waals surface area contributed by atoms with E-state index in [1.807, 2.05) is 24.3 Å². The summed E-state index contributed by atoms with van der Waals surface area (Å²) < 4.78 is 58.3. The molecular formula is C71H110F3N13O12S2. The number of nitrogens with one attached hydrogen (secondary N) is 9. The first kappa shape index (κ1) is 79.3. The molecule has 8 aliphatic rings. The third-order valence-electron chi connectivity index (χ3n) is 22.7. The first-order chi connectivity index (χ1) is 48.4. The molecule has 2 bridgehead atoms. The molecule has 25 nitrogen and oxygen atoms in total. The zero-order valence-corrected chi connectivity index (χ0v) is 60.9. The number of benzene rings is 1. The number of methoxy groups -OCH3 is 2. The number of nitrogens with two attached hydrogens (primary N) is 2. The maximum Gasteiger partial charge on any atom is 0.246 e. The minimum atomic E-state index is -1.76. The highest BCUT2D eigenvalue weighted by Crippen LogP contribution is 2.41. The molecule has 1 aromatic rings. The van der Waals surface area contributed by atoms with Crippen LogP contribution >= 0.6 is 23.5 Å². The molecule has 0 spiro atoms. The molecule has 101 heavy (non-hydrogen) atoms. The van der Waals surface area contributed by atoms with Crippen molar-refractivity contribution in [1.82, 2.24) is 57.7 Å². The molecule has 0 aromatic heterocycles. The van der Waals surface area contributed by atoms with Gasteiger partial charge in [0.2, 0.25) is 59.1 Å². The molecule has 564 valence electrons. The van der Waals surface area contributed by atoms with E-state index in [-0.39, 0.29) is 106 Å². The average molecular weight is 1460 g/mol. The van der Waals surface area contributed by atoms with Crippen LogP contribution in [0.1, 0.15) is 160 Å². The topological polar surface area (TPSA) is 356 Å². The summed E-state index contributed by atoms with van der Waals surface area (Å²) in [6.07, 6.45) is 1.29. The van der Waals surface area contributed by atoms with Crippen LogP contribution in [-0.4, -0.2) is 224 Å². The van der Waals surface area contributed by atoms with Gasteiger partial charge in [0.25, 0.3) is 0 Å². The number of carbonyl (C=O) groups excluding carboxylic acids is 10. The van der Waals surface area contributed by atoms with Gasteiger partial charge in [-0.2, -0.15) is 23.5 Å². The van der Waals surface area contributed by atoms with Crippen molar-refractivity contribution in [1.29, 1.82) is 0 Å². The number of alkyl halides is 3. The second kappa shape index (κ2) is 37.3. The number of hydrogen-bond donors (Lipinski definition) is 11. The number of halogens is 3. The standard InChI is InChI=1S/C71H110F3N13O12S2/c1-39-63(90)81-55(28-44-33-77-52-19-15-46(72)30-50(44)52)65(92)82-57(29-45-34-78-53-20-16-47(73)31-51(45)53)68(95)86-35-48(74)32-59(86)66(93)85-61(40(2)98-4)67(94)83-56(27-41-13-17-49(99-5)18-14-41)69(96)87-24-9-22-71(87,3)70(97)84-58(62(76)89)38-101-37-43-11-8-10-42(26-43)36-100-25-21-60(88)80-54(64(91)79-39)12-6-7-23-75/h8,10-11,26,39-41,44-59,61,77-78H,6-7,9,12-25,27-38,75H2,1-5H3,(H2,76,89)(H,79,91)(H,80,88)(H,81,90)(H,82,92)(H,83,94)(H,84,97)(H,85,93)/t39-,40+,41?,44?,45?,46?,47?,48+,49?,50?,51?,52?,53?,54+,55+,56+,57+,58+,59+,61+,71+/m1/s1. The predicted octanol–water partition coefficient (Wildman–Crippen LogP) is 2.77. The third-order valence-corrected chi connectivity index (χ3v) is 24.9. The van der Waals surface area contributed by atoms with Gasteiger partial charge in [-0.15, -0.1) is 0 Å². The monoisotopic (exact) mass is 1460 g/mol. The lowest BCUT2D eigenvalue weighted by molar-refractivity contribution is -0.148. The summed E-state index contributed by atoms with van der Waals surface area (Å²) in [5, 5.41) is 26.8. The van der Waals surface area contributed by atoms with Gasteiger partial charge in [-0.3, -0.25) is 47.9 Å². The lowest BCUT2D eigenvalue weighted by atomic mass is 9.76. The number of carbonyl (C=O) groups is 10. The highest BCUT2D eigenvalue weighted by atomic mass is 32.2. The summed E-state index contributed by atoms with van der Waals surface area (Å²) in [4.78, 5) is 149. The Labute approximate surface area is 600 Å². The van der Waals surface area contributed by atoms with E-state index in [1.165, 1.54) is 49.4 Å². The number of hydrogen-bond acceptors (Lipinski definition) is 17. The van der Waals surface area contributed by atoms with Crippen molar-refractivity contribution in [2.45, 2.75) is 257 Å². The minimum Gasteiger partial charge on any atom is -0.381 e. The Balaban J connectivity index is 1.03. The molecule has 30 heteroatoms. The van der Waals surface area contributed by atoms with Crippen LogP contribution in [0.5, 0.6) is 0 Å². The van der Waals surface area contributed by atoms with Crippen molar-refractivity contribution in [2.24, 2.45) is 41.1 Å². The molecule has 8 unspecified atom stereocenters. The molecular weight excluding hydrogens is 1350 g/mol. The third kappa shape index (κ3) is 21.0. The number of rotatable bonds is 14. The van der Waals surface area contributed by atoms with E-state index >= 15 is 37.1 Å². The van der Waals surface area contributed by atoms with E-state index < -0.39 is 156 Å². The van der Waals surface area contributed by atoms with Crippen molar-refractivity contribution >= 4 is 82.6 Å². The van der Waals surface area contributed by atoms with Gasteiger partial charge in [-0.05, 0) is 197 Å². The van der Waals surface area contributed by atoms with E-state index in [1.54, 1.807) is 14.0 Å². The van der Waals surface area contributed by atoms with Crippen LogP contribution in [0.25, 0.3) is 0 Å². The molecule has 3 aliphatic carbocycles. The van der Waals surface area contributed by atoms with Gasteiger partial charge in [-0.1, -0.05) is 24.3 Å². The Hall–Kier alpha value is -5.79. The fraction of sp³-hybridized carbons (Fsp3) is 0.775. The predicted molar refractivity (Wildman–Crippen MR) is 377 cm³/mol. The van der Waals surface area contributed by atoms with Gasteiger partial charge < -0.3 is 78.6 Å². The van der Waals surface area contributed by atoms with Crippen LogP contribution < -0.4 is 59.3 Å². The summed E-state index contributed by atoms with van der Waals surface area (Å²) >= 11 is 2.89. The Morgan fingerprint density at radius 3 is 1.93 bits per heavy atom. The maximum atomic E-state index is 16.3. The van der Waals surface area contributed by atoms with Gasteiger partial charge in [0.15, 0.2) is 0 Å². The van der Waals surface area contributed by atoms with Crippen molar-refractivity contribution < 1.29 is 70.6 Å². The van der Waals surface area contributed by atoms with Crippen LogP contribution in [0, 0.1) is 29.6 Å². The number of unbranched alkanes of at least 4 members (excludes halogenated alkanes) is 1. The summed E-state index contributed by atoms with van der Waals surface area (Å²) in [6.45, 7) is 5.18. The Morgan fingerprint density at radius 2 is 1.30 bits per heavy atom. The average Bonchev–Trinajstić information content (AvgIpc) is 1.70. The van der Waals surface area contributed by atoms with Crippen molar-refractivity contribution in [3.63, 3.8) is 0 Å². The van der Waals surface area contributed by atoms with Gasteiger partial charge in [-0.25, -0.2) is 13.2 Å². The van der Waals surface area contributed by atoms with E-state index in [9.17, 15) is 24.0 Å². The number of nitrogens with zero attached hydrogens (tertiary/aromatic N) is 2. The van der Waals surface area contributed by atoms with Gasteiger partial charge in [0.05, 0.1) is 18.8 Å². The molecule has 4 saturated heterocycles. The quantitative estimate of drug-likeness (QED) is 0.119. The van der Waals surface area contributed by atoms with E-state index in [4.69, 9.17) is 20.9 Å². The number of amides is 10. The van der Waals surface area contributed by atoms with Crippen LogP contribution in [0.3, 0.4) is 0 Å². The first-order valence-corrected chi connectivity index (χ1v) is 39.1. The number of thioether (sulfide) groups is 2. The summed E-state index contributed by atoms with van der Waals surface area (Å²) in [7, 11) is 2.96. The van der Waals surface area contributed by atoms with Crippen LogP contribution in [-0.2, 0) is 68.9 Å². The molecule has 13 N–H and O–H groups in total. The Morgan fingerprint density at radius 1 is 0.683 bits per heavy atom. The Bertz CT molecular complexity index is 3050. The second-order valence-electron chi connectivity index (χ2n) is 29.8. The molecule has 5 heterocycles. The van der Waals surface area contributed by atoms with Gasteiger partial charge >= 0.3 is 0 Å². The van der Waals surface area contributed by atoms with Crippen LogP contribution in [0.2, 0.25) is 0 Å². The van der Waals surface area contributed by atoms with E-state index in [2.05, 4.69) is 47.9 Å². The van der Waals surface area contributed by atoms with Crippen LogP contribution in [0.4, 0.5) is 13.2 Å². The first-order valence-electron chi connectivity index (χ1n) is 36.8. The molecule has 0 radical (unpaired) electrons.